The SMILES string of the molecule is COC(=O)c1cccc2c1OCc1ccccc1C2=O. The van der Waals surface area contributed by atoms with Crippen molar-refractivity contribution in [3.05, 3.63) is 64.7 Å². The zero-order valence-corrected chi connectivity index (χ0v) is 10.9. The highest BCUT2D eigenvalue weighted by atomic mass is 16.5. The maximum absolute atomic E-state index is 12.6. The third-order valence-corrected chi connectivity index (χ3v) is 3.30. The Balaban J connectivity index is 2.19. The summed E-state index contributed by atoms with van der Waals surface area (Å²) in [5, 5.41) is 0. The molecule has 0 saturated heterocycles. The summed E-state index contributed by atoms with van der Waals surface area (Å²) in [6.45, 7) is 0.253. The first-order valence-corrected chi connectivity index (χ1v) is 6.19. The van der Waals surface area contributed by atoms with E-state index in [1.165, 1.54) is 7.11 Å². The Morgan fingerprint density at radius 3 is 2.65 bits per heavy atom. The molecule has 0 atom stereocenters. The monoisotopic (exact) mass is 268 g/mol. The second-order valence-electron chi connectivity index (χ2n) is 4.45. The average molecular weight is 268 g/mol. The predicted octanol–water partition coefficient (Wildman–Crippen LogP) is 2.60. The van der Waals surface area contributed by atoms with Crippen molar-refractivity contribution in [2.75, 3.05) is 7.11 Å². The second-order valence-corrected chi connectivity index (χ2v) is 4.45. The van der Waals surface area contributed by atoms with E-state index >= 15 is 0 Å². The van der Waals surface area contributed by atoms with Crippen LogP contribution in [0.5, 0.6) is 5.75 Å². The average Bonchev–Trinajstić information content (AvgIpc) is 2.64. The molecule has 0 spiro atoms. The van der Waals surface area contributed by atoms with Gasteiger partial charge in [-0.25, -0.2) is 4.79 Å². The molecular weight excluding hydrogens is 256 g/mol. The highest BCUT2D eigenvalue weighted by Crippen LogP contribution is 2.31. The maximum atomic E-state index is 12.6. The molecule has 0 bridgehead atoms. The van der Waals surface area contributed by atoms with Crippen molar-refractivity contribution < 1.29 is 19.1 Å². The van der Waals surface area contributed by atoms with Crippen LogP contribution >= 0.6 is 0 Å². The summed E-state index contributed by atoms with van der Waals surface area (Å²) in [7, 11) is 1.30. The summed E-state index contributed by atoms with van der Waals surface area (Å²) in [4.78, 5) is 24.3. The summed E-state index contributed by atoms with van der Waals surface area (Å²) in [5.74, 6) is -0.361. The molecule has 0 N–H and O–H groups in total. The first-order chi connectivity index (χ1) is 9.72. The minimum Gasteiger partial charge on any atom is -0.487 e. The molecule has 20 heavy (non-hydrogen) atoms. The first kappa shape index (κ1) is 12.4. The van der Waals surface area contributed by atoms with Gasteiger partial charge < -0.3 is 9.47 Å². The lowest BCUT2D eigenvalue weighted by molar-refractivity contribution is 0.0595. The van der Waals surface area contributed by atoms with Gasteiger partial charge in [0.05, 0.1) is 12.7 Å². The van der Waals surface area contributed by atoms with E-state index in [4.69, 9.17) is 9.47 Å². The van der Waals surface area contributed by atoms with Crippen LogP contribution in [0.25, 0.3) is 0 Å². The third-order valence-electron chi connectivity index (χ3n) is 3.30. The number of methoxy groups -OCH3 is 1. The van der Waals surface area contributed by atoms with Crippen molar-refractivity contribution in [2.24, 2.45) is 0 Å². The van der Waals surface area contributed by atoms with Gasteiger partial charge in [0.15, 0.2) is 5.78 Å². The smallest absolute Gasteiger partial charge is 0.341 e. The van der Waals surface area contributed by atoms with Crippen LogP contribution in [0.3, 0.4) is 0 Å². The highest BCUT2D eigenvalue weighted by Gasteiger charge is 2.26. The van der Waals surface area contributed by atoms with Crippen LogP contribution in [0.4, 0.5) is 0 Å². The number of benzene rings is 2. The van der Waals surface area contributed by atoms with E-state index in [1.807, 2.05) is 18.2 Å². The highest BCUT2D eigenvalue weighted by molar-refractivity contribution is 6.13. The fourth-order valence-corrected chi connectivity index (χ4v) is 2.30. The van der Waals surface area contributed by atoms with Crippen LogP contribution in [0, 0.1) is 0 Å². The van der Waals surface area contributed by atoms with Crippen LogP contribution in [0.15, 0.2) is 42.5 Å². The van der Waals surface area contributed by atoms with Crippen molar-refractivity contribution in [1.82, 2.24) is 0 Å². The van der Waals surface area contributed by atoms with E-state index in [0.717, 1.165) is 5.56 Å². The number of para-hydroxylation sites is 1. The zero-order valence-electron chi connectivity index (χ0n) is 10.9. The summed E-state index contributed by atoms with van der Waals surface area (Å²) >= 11 is 0. The van der Waals surface area contributed by atoms with Gasteiger partial charge in [0.25, 0.3) is 0 Å². The van der Waals surface area contributed by atoms with Crippen LogP contribution in [0.2, 0.25) is 0 Å². The fraction of sp³-hybridized carbons (Fsp3) is 0.125. The van der Waals surface area contributed by atoms with E-state index in [9.17, 15) is 9.59 Å². The molecule has 3 rings (SSSR count). The van der Waals surface area contributed by atoms with Crippen LogP contribution in [-0.4, -0.2) is 18.9 Å². The number of esters is 1. The van der Waals surface area contributed by atoms with Gasteiger partial charge >= 0.3 is 5.97 Å². The number of rotatable bonds is 1. The molecule has 4 nitrogen and oxygen atoms in total. The Bertz CT molecular complexity index is 703. The van der Waals surface area contributed by atoms with Gasteiger partial charge in [-0.3, -0.25) is 4.79 Å². The Morgan fingerprint density at radius 2 is 1.85 bits per heavy atom. The predicted molar refractivity (Wildman–Crippen MR) is 72.0 cm³/mol. The lowest BCUT2D eigenvalue weighted by atomic mass is 9.98. The molecule has 0 aliphatic carbocycles. The number of hydrogen-bond acceptors (Lipinski definition) is 4. The molecule has 0 unspecified atom stereocenters. The molecule has 4 heteroatoms. The number of ketones is 1. The van der Waals surface area contributed by atoms with Gasteiger partial charge in [-0.15, -0.1) is 0 Å². The van der Waals surface area contributed by atoms with E-state index in [-0.39, 0.29) is 18.0 Å². The molecule has 0 fully saturated rings. The Hall–Kier alpha value is -2.62. The lowest BCUT2D eigenvalue weighted by Crippen LogP contribution is -2.08. The van der Waals surface area contributed by atoms with Crippen LogP contribution in [0.1, 0.15) is 31.8 Å². The molecule has 0 saturated carbocycles. The summed E-state index contributed by atoms with van der Waals surface area (Å²) in [6, 6.07) is 12.2. The Kier molecular flexibility index (Phi) is 2.99. The number of ether oxygens (including phenoxy) is 2. The quantitative estimate of drug-likeness (QED) is 0.746. The number of fused-ring (bicyclic) bond motifs is 2. The Labute approximate surface area is 115 Å². The standard InChI is InChI=1S/C16H12O4/c1-19-16(18)13-8-4-7-12-14(17)11-6-3-2-5-10(11)9-20-15(12)13/h2-8H,9H2,1H3. The van der Waals surface area contributed by atoms with E-state index in [2.05, 4.69) is 0 Å². The Morgan fingerprint density at radius 1 is 1.10 bits per heavy atom. The minimum atomic E-state index is -0.513. The van der Waals surface area contributed by atoms with Crippen molar-refractivity contribution in [2.45, 2.75) is 6.61 Å². The topological polar surface area (TPSA) is 52.6 Å². The van der Waals surface area contributed by atoms with Crippen molar-refractivity contribution in [1.29, 1.82) is 0 Å². The molecule has 100 valence electrons. The molecule has 1 heterocycles. The maximum Gasteiger partial charge on any atom is 0.341 e. The second kappa shape index (κ2) is 4.81. The summed E-state index contributed by atoms with van der Waals surface area (Å²) < 4.78 is 10.4. The van der Waals surface area contributed by atoms with E-state index < -0.39 is 5.97 Å². The molecule has 1 aliphatic rings. The van der Waals surface area contributed by atoms with Gasteiger partial charge in [0, 0.05) is 11.1 Å². The third kappa shape index (κ3) is 1.86. The number of carbonyl (C=O) groups excluding carboxylic acids is 2. The molecule has 1 aliphatic heterocycles. The normalized spacial score (nSPS) is 12.8. The van der Waals surface area contributed by atoms with Gasteiger partial charge in [-0.2, -0.15) is 0 Å². The largest absolute Gasteiger partial charge is 0.487 e. The van der Waals surface area contributed by atoms with Crippen molar-refractivity contribution >= 4 is 11.8 Å². The zero-order chi connectivity index (χ0) is 14.1. The van der Waals surface area contributed by atoms with E-state index in [1.54, 1.807) is 24.3 Å². The molecule has 2 aromatic carbocycles. The van der Waals surface area contributed by atoms with Gasteiger partial charge in [0.1, 0.15) is 17.9 Å². The van der Waals surface area contributed by atoms with E-state index in [0.29, 0.717) is 16.9 Å². The molecular formula is C16H12O4. The molecule has 0 radical (unpaired) electrons. The number of carbonyl (C=O) groups is 2. The van der Waals surface area contributed by atoms with Gasteiger partial charge in [-0.1, -0.05) is 30.3 Å². The summed E-state index contributed by atoms with van der Waals surface area (Å²) in [5.41, 5.74) is 2.07. The van der Waals surface area contributed by atoms with Crippen molar-refractivity contribution in [3.8, 4) is 5.75 Å². The minimum absolute atomic E-state index is 0.140. The summed E-state index contributed by atoms with van der Waals surface area (Å²) in [6.07, 6.45) is 0. The van der Waals surface area contributed by atoms with Crippen LogP contribution in [-0.2, 0) is 11.3 Å². The van der Waals surface area contributed by atoms with Gasteiger partial charge in [0.2, 0.25) is 0 Å². The van der Waals surface area contributed by atoms with Crippen molar-refractivity contribution in [3.63, 3.8) is 0 Å². The fourth-order valence-electron chi connectivity index (χ4n) is 2.30. The lowest BCUT2D eigenvalue weighted by Gasteiger charge is -2.10. The molecule has 0 aromatic heterocycles. The number of hydrogen-bond donors (Lipinski definition) is 0. The molecule has 0 amide bonds. The van der Waals surface area contributed by atoms with Gasteiger partial charge in [-0.05, 0) is 12.1 Å². The first-order valence-electron chi connectivity index (χ1n) is 6.19. The molecule has 2 aromatic rings. The van der Waals surface area contributed by atoms with Crippen LogP contribution < -0.4 is 4.74 Å².